The molecule has 0 aromatic heterocycles. The van der Waals surface area contributed by atoms with Gasteiger partial charge in [0.15, 0.2) is 0 Å². The minimum atomic E-state index is -0.533. The lowest BCUT2D eigenvalue weighted by Crippen LogP contribution is -2.46. The zero-order valence-corrected chi connectivity index (χ0v) is 16.5. The van der Waals surface area contributed by atoms with Crippen LogP contribution in [0, 0.1) is 11.8 Å². The lowest BCUT2D eigenvalue weighted by atomic mass is 9.91. The molecule has 0 bridgehead atoms. The summed E-state index contributed by atoms with van der Waals surface area (Å²) in [4.78, 5) is 27.5. The molecule has 1 aliphatic carbocycles. The summed E-state index contributed by atoms with van der Waals surface area (Å²) in [6.45, 7) is 1.88. The molecule has 29 heavy (non-hydrogen) atoms. The molecule has 1 fully saturated rings. The smallest absolute Gasteiger partial charge is 0.417 e. The second-order valence-corrected chi connectivity index (χ2v) is 7.75. The number of cyclic esters (lactones) is 1. The topological polar surface area (TPSA) is 46.6 Å². The Morgan fingerprint density at radius 2 is 1.55 bits per heavy atom. The van der Waals surface area contributed by atoms with Crippen molar-refractivity contribution in [2.24, 2.45) is 11.8 Å². The molecule has 0 N–H and O–H groups in total. The van der Waals surface area contributed by atoms with Crippen molar-refractivity contribution in [1.29, 1.82) is 0 Å². The van der Waals surface area contributed by atoms with E-state index < -0.39 is 6.09 Å². The predicted molar refractivity (Wildman–Crippen MR) is 112 cm³/mol. The van der Waals surface area contributed by atoms with Crippen LogP contribution in [-0.4, -0.2) is 29.0 Å². The number of allylic oxidation sites excluding steroid dienone is 2. The van der Waals surface area contributed by atoms with Crippen molar-refractivity contribution in [3.63, 3.8) is 0 Å². The van der Waals surface area contributed by atoms with Crippen LogP contribution < -0.4 is 0 Å². The van der Waals surface area contributed by atoms with Crippen LogP contribution in [-0.2, 0) is 22.4 Å². The average Bonchev–Trinajstić information content (AvgIpc) is 3.37. The SMILES string of the molecule is C[C@H](Cc1ccccc1)C(=O)N1C(=O)O[C@@H](C2C=CC=C2)[C@@H]1Cc1ccccc1. The molecule has 1 heterocycles. The molecule has 148 valence electrons. The number of ether oxygens (including phenoxy) is 1. The maximum atomic E-state index is 13.3. The average molecular weight is 387 g/mol. The predicted octanol–water partition coefficient (Wildman–Crippen LogP) is 4.57. The molecule has 2 amide bonds. The molecule has 4 rings (SSSR count). The van der Waals surface area contributed by atoms with Crippen LogP contribution in [0.4, 0.5) is 4.79 Å². The van der Waals surface area contributed by atoms with Crippen LogP contribution in [0.25, 0.3) is 0 Å². The first-order chi connectivity index (χ1) is 14.1. The Hall–Kier alpha value is -3.14. The number of amides is 2. The molecular formula is C25H25NO3. The van der Waals surface area contributed by atoms with Gasteiger partial charge in [0.1, 0.15) is 6.10 Å². The van der Waals surface area contributed by atoms with E-state index in [-0.39, 0.29) is 29.9 Å². The quantitative estimate of drug-likeness (QED) is 0.730. The van der Waals surface area contributed by atoms with E-state index in [4.69, 9.17) is 4.74 Å². The van der Waals surface area contributed by atoms with Crippen molar-refractivity contribution < 1.29 is 14.3 Å². The molecular weight excluding hydrogens is 362 g/mol. The standard InChI is InChI=1S/C25H25NO3/c1-18(16-19-10-4-2-5-11-19)24(27)26-22(17-20-12-6-3-7-13-20)23(29-25(26)28)21-14-8-9-15-21/h2-15,18,21-23H,16-17H2,1H3/t18-,22+,23+/m1/s1. The highest BCUT2D eigenvalue weighted by Gasteiger charge is 2.48. The van der Waals surface area contributed by atoms with E-state index in [0.29, 0.717) is 12.8 Å². The number of carbonyl (C=O) groups is 2. The van der Waals surface area contributed by atoms with Crippen molar-refractivity contribution in [1.82, 2.24) is 4.90 Å². The van der Waals surface area contributed by atoms with Gasteiger partial charge in [-0.25, -0.2) is 9.69 Å². The van der Waals surface area contributed by atoms with Crippen molar-refractivity contribution in [3.8, 4) is 0 Å². The molecule has 0 saturated carbocycles. The molecule has 3 atom stereocenters. The Labute approximate surface area is 171 Å². The number of nitrogens with zero attached hydrogens (tertiary/aromatic N) is 1. The van der Waals surface area contributed by atoms with Crippen LogP contribution in [0.2, 0.25) is 0 Å². The summed E-state index contributed by atoms with van der Waals surface area (Å²) in [5, 5.41) is 0. The third kappa shape index (κ3) is 4.16. The largest absolute Gasteiger partial charge is 0.443 e. The number of rotatable bonds is 6. The van der Waals surface area contributed by atoms with E-state index in [9.17, 15) is 9.59 Å². The molecule has 0 unspecified atom stereocenters. The lowest BCUT2D eigenvalue weighted by Gasteiger charge is -2.27. The number of benzene rings is 2. The Kier molecular flexibility index (Phi) is 5.61. The van der Waals surface area contributed by atoms with Gasteiger partial charge in [-0.15, -0.1) is 0 Å². The van der Waals surface area contributed by atoms with Crippen molar-refractivity contribution >= 4 is 12.0 Å². The second kappa shape index (κ2) is 8.48. The summed E-state index contributed by atoms with van der Waals surface area (Å²) >= 11 is 0. The highest BCUT2D eigenvalue weighted by molar-refractivity contribution is 5.95. The maximum Gasteiger partial charge on any atom is 0.417 e. The normalized spacial score (nSPS) is 22.1. The highest BCUT2D eigenvalue weighted by atomic mass is 16.6. The summed E-state index contributed by atoms with van der Waals surface area (Å²) in [7, 11) is 0. The molecule has 4 nitrogen and oxygen atoms in total. The third-order valence-corrected chi connectivity index (χ3v) is 5.63. The Morgan fingerprint density at radius 1 is 0.966 bits per heavy atom. The Bertz CT molecular complexity index is 908. The van der Waals surface area contributed by atoms with Crippen molar-refractivity contribution in [2.75, 3.05) is 0 Å². The van der Waals surface area contributed by atoms with Gasteiger partial charge in [0.2, 0.25) is 5.91 Å². The lowest BCUT2D eigenvalue weighted by molar-refractivity contribution is -0.133. The first kappa shape index (κ1) is 19.2. The Balaban J connectivity index is 1.58. The fourth-order valence-corrected chi connectivity index (χ4v) is 4.15. The van der Waals surface area contributed by atoms with E-state index in [1.54, 1.807) is 0 Å². The zero-order chi connectivity index (χ0) is 20.2. The number of hydrogen-bond donors (Lipinski definition) is 0. The van der Waals surface area contributed by atoms with E-state index in [1.807, 2.05) is 91.9 Å². The summed E-state index contributed by atoms with van der Waals surface area (Å²) < 4.78 is 5.73. The molecule has 2 aliphatic rings. The van der Waals surface area contributed by atoms with Crippen LogP contribution >= 0.6 is 0 Å². The fourth-order valence-electron chi connectivity index (χ4n) is 4.15. The fraction of sp³-hybridized carbons (Fsp3) is 0.280. The van der Waals surface area contributed by atoms with Gasteiger partial charge < -0.3 is 4.74 Å². The first-order valence-electron chi connectivity index (χ1n) is 10.1. The van der Waals surface area contributed by atoms with Crippen LogP contribution in [0.3, 0.4) is 0 Å². The molecule has 1 aliphatic heterocycles. The van der Waals surface area contributed by atoms with E-state index >= 15 is 0 Å². The van der Waals surface area contributed by atoms with Crippen molar-refractivity contribution in [2.45, 2.75) is 31.9 Å². The summed E-state index contributed by atoms with van der Waals surface area (Å²) in [6.07, 6.45) is 8.24. The van der Waals surface area contributed by atoms with Crippen LogP contribution in [0.15, 0.2) is 85.0 Å². The maximum absolute atomic E-state index is 13.3. The molecule has 0 spiro atoms. The van der Waals surface area contributed by atoms with Crippen LogP contribution in [0.1, 0.15) is 18.1 Å². The van der Waals surface area contributed by atoms with Gasteiger partial charge in [0, 0.05) is 11.8 Å². The van der Waals surface area contributed by atoms with Gasteiger partial charge in [0.05, 0.1) is 6.04 Å². The van der Waals surface area contributed by atoms with Gasteiger partial charge in [-0.2, -0.15) is 0 Å². The third-order valence-electron chi connectivity index (χ3n) is 5.63. The summed E-state index contributed by atoms with van der Waals surface area (Å²) in [6, 6.07) is 19.5. The van der Waals surface area contributed by atoms with Gasteiger partial charge in [-0.3, -0.25) is 4.79 Å². The highest BCUT2D eigenvalue weighted by Crippen LogP contribution is 2.32. The summed E-state index contributed by atoms with van der Waals surface area (Å²) in [5.74, 6) is -0.486. The molecule has 0 radical (unpaired) electrons. The zero-order valence-electron chi connectivity index (χ0n) is 16.5. The summed E-state index contributed by atoms with van der Waals surface area (Å²) in [5.41, 5.74) is 2.17. The number of carbonyl (C=O) groups excluding carboxylic acids is 2. The monoisotopic (exact) mass is 387 g/mol. The number of imide groups is 1. The minimum Gasteiger partial charge on any atom is -0.443 e. The van der Waals surface area contributed by atoms with Gasteiger partial charge in [-0.1, -0.05) is 91.9 Å². The van der Waals surface area contributed by atoms with Crippen LogP contribution in [0.5, 0.6) is 0 Å². The van der Waals surface area contributed by atoms with E-state index in [2.05, 4.69) is 0 Å². The van der Waals surface area contributed by atoms with E-state index in [1.165, 1.54) is 4.90 Å². The van der Waals surface area contributed by atoms with Crippen molar-refractivity contribution in [3.05, 3.63) is 96.1 Å². The number of hydrogen-bond acceptors (Lipinski definition) is 3. The molecule has 2 aromatic carbocycles. The molecule has 4 heteroatoms. The van der Waals surface area contributed by atoms with Gasteiger partial charge >= 0.3 is 6.09 Å². The van der Waals surface area contributed by atoms with Gasteiger partial charge in [0.25, 0.3) is 0 Å². The van der Waals surface area contributed by atoms with Gasteiger partial charge in [-0.05, 0) is 24.0 Å². The minimum absolute atomic E-state index is 0.00473. The first-order valence-corrected chi connectivity index (χ1v) is 10.1. The van der Waals surface area contributed by atoms with E-state index in [0.717, 1.165) is 11.1 Å². The molecule has 1 saturated heterocycles. The Morgan fingerprint density at radius 3 is 2.17 bits per heavy atom. The second-order valence-electron chi connectivity index (χ2n) is 7.75. The molecule has 2 aromatic rings.